The van der Waals surface area contributed by atoms with Gasteiger partial charge in [-0.25, -0.2) is 0 Å². The van der Waals surface area contributed by atoms with Gasteiger partial charge in [0.2, 0.25) is 5.89 Å². The monoisotopic (exact) mass is 406 g/mol. The average Bonchev–Trinajstić information content (AvgIpc) is 3.27. The summed E-state index contributed by atoms with van der Waals surface area (Å²) in [5, 5.41) is 4.14. The van der Waals surface area contributed by atoms with Crippen LogP contribution in [0.25, 0.3) is 0 Å². The second-order valence-electron chi connectivity index (χ2n) is 7.44. The van der Waals surface area contributed by atoms with Crippen LogP contribution in [0.15, 0.2) is 59.1 Å². The molecule has 156 valence electrons. The molecule has 0 spiro atoms. The van der Waals surface area contributed by atoms with E-state index in [9.17, 15) is 4.79 Å². The Balaban J connectivity index is 1.33. The molecule has 1 amide bonds. The van der Waals surface area contributed by atoms with Crippen molar-refractivity contribution in [1.82, 2.24) is 19.9 Å². The molecule has 1 saturated heterocycles. The van der Waals surface area contributed by atoms with Crippen molar-refractivity contribution >= 4 is 5.91 Å². The highest BCUT2D eigenvalue weighted by atomic mass is 16.5. The molecule has 7 nitrogen and oxygen atoms in total. The van der Waals surface area contributed by atoms with Crippen LogP contribution in [0.5, 0.6) is 5.75 Å². The van der Waals surface area contributed by atoms with E-state index in [1.165, 1.54) is 0 Å². The van der Waals surface area contributed by atoms with Gasteiger partial charge in [-0.15, -0.1) is 0 Å². The smallest absolute Gasteiger partial charge is 0.253 e. The molecule has 0 bridgehead atoms. The molecule has 2 heterocycles. The number of hydrogen-bond acceptors (Lipinski definition) is 6. The van der Waals surface area contributed by atoms with Crippen LogP contribution in [0.3, 0.4) is 0 Å². The van der Waals surface area contributed by atoms with E-state index < -0.39 is 0 Å². The highest BCUT2D eigenvalue weighted by Gasteiger charge is 2.28. The van der Waals surface area contributed by atoms with Crippen LogP contribution in [0.4, 0.5) is 0 Å². The Hall–Kier alpha value is -3.19. The van der Waals surface area contributed by atoms with E-state index in [2.05, 4.69) is 34.1 Å². The molecule has 1 aromatic heterocycles. The normalized spacial score (nSPS) is 15.7. The maximum Gasteiger partial charge on any atom is 0.253 e. The van der Waals surface area contributed by atoms with Gasteiger partial charge in [0, 0.05) is 38.2 Å². The standard InChI is InChI=1S/C23H26N4O3/c1-17(22-24-21(25-30-22)16-18-6-4-3-5-7-18)26-12-14-27(15-13-26)23(28)19-8-10-20(29-2)11-9-19/h3-11,17H,12-16H2,1-2H3. The molecular formula is C23H26N4O3. The minimum absolute atomic E-state index is 0.0141. The Morgan fingerprint density at radius 1 is 1.07 bits per heavy atom. The zero-order valence-electron chi connectivity index (χ0n) is 17.3. The number of piperazine rings is 1. The van der Waals surface area contributed by atoms with Crippen molar-refractivity contribution in [1.29, 1.82) is 0 Å². The fourth-order valence-corrected chi connectivity index (χ4v) is 3.67. The van der Waals surface area contributed by atoms with Crippen LogP contribution in [0, 0.1) is 0 Å². The molecule has 2 aromatic carbocycles. The van der Waals surface area contributed by atoms with Gasteiger partial charge in [-0.3, -0.25) is 9.69 Å². The fourth-order valence-electron chi connectivity index (χ4n) is 3.67. The average molecular weight is 406 g/mol. The number of benzene rings is 2. The van der Waals surface area contributed by atoms with Gasteiger partial charge in [-0.2, -0.15) is 4.98 Å². The minimum atomic E-state index is 0.0141. The molecule has 4 rings (SSSR count). The summed E-state index contributed by atoms with van der Waals surface area (Å²) in [4.78, 5) is 21.5. The first kappa shape index (κ1) is 20.1. The van der Waals surface area contributed by atoms with Crippen molar-refractivity contribution in [3.05, 3.63) is 77.4 Å². The van der Waals surface area contributed by atoms with Crippen LogP contribution in [0.2, 0.25) is 0 Å². The lowest BCUT2D eigenvalue weighted by Crippen LogP contribution is -2.49. The molecule has 0 saturated carbocycles. The Morgan fingerprint density at radius 2 is 1.77 bits per heavy atom. The second-order valence-corrected chi connectivity index (χ2v) is 7.44. The number of carbonyl (C=O) groups excluding carboxylic acids is 1. The van der Waals surface area contributed by atoms with E-state index in [4.69, 9.17) is 9.26 Å². The molecule has 0 aliphatic carbocycles. The van der Waals surface area contributed by atoms with Gasteiger partial charge in [0.25, 0.3) is 5.91 Å². The number of ether oxygens (including phenoxy) is 1. The maximum atomic E-state index is 12.7. The summed E-state index contributed by atoms with van der Waals surface area (Å²) in [6.45, 7) is 4.93. The van der Waals surface area contributed by atoms with Crippen molar-refractivity contribution in [2.24, 2.45) is 0 Å². The number of aromatic nitrogens is 2. The summed E-state index contributed by atoms with van der Waals surface area (Å²) in [7, 11) is 1.62. The summed E-state index contributed by atoms with van der Waals surface area (Å²) in [6.07, 6.45) is 0.654. The van der Waals surface area contributed by atoms with Crippen LogP contribution in [-0.2, 0) is 6.42 Å². The number of nitrogens with zero attached hydrogens (tertiary/aromatic N) is 4. The van der Waals surface area contributed by atoms with E-state index in [-0.39, 0.29) is 11.9 Å². The van der Waals surface area contributed by atoms with Gasteiger partial charge < -0.3 is 14.2 Å². The van der Waals surface area contributed by atoms with Gasteiger partial charge >= 0.3 is 0 Å². The van der Waals surface area contributed by atoms with E-state index in [1.54, 1.807) is 7.11 Å². The molecule has 0 N–H and O–H groups in total. The molecule has 7 heteroatoms. The number of rotatable bonds is 6. The predicted octanol–water partition coefficient (Wildman–Crippen LogP) is 3.19. The Labute approximate surface area is 176 Å². The number of carbonyl (C=O) groups is 1. The second kappa shape index (κ2) is 9.09. The van der Waals surface area contributed by atoms with E-state index in [0.717, 1.165) is 24.4 Å². The van der Waals surface area contributed by atoms with Crippen LogP contribution >= 0.6 is 0 Å². The summed E-state index contributed by atoms with van der Waals surface area (Å²) in [5.41, 5.74) is 1.84. The van der Waals surface area contributed by atoms with E-state index >= 15 is 0 Å². The van der Waals surface area contributed by atoms with Crippen LogP contribution in [-0.4, -0.2) is 59.1 Å². The summed E-state index contributed by atoms with van der Waals surface area (Å²) >= 11 is 0. The lowest BCUT2D eigenvalue weighted by atomic mass is 10.1. The number of hydrogen-bond donors (Lipinski definition) is 0. The predicted molar refractivity (Wildman–Crippen MR) is 112 cm³/mol. The SMILES string of the molecule is COc1ccc(C(=O)N2CCN(C(C)c3nc(Cc4ccccc4)no3)CC2)cc1. The fraction of sp³-hybridized carbons (Fsp3) is 0.348. The van der Waals surface area contributed by atoms with Gasteiger partial charge in [-0.05, 0) is 36.8 Å². The van der Waals surface area contributed by atoms with Gasteiger partial charge in [0.15, 0.2) is 5.82 Å². The highest BCUT2D eigenvalue weighted by molar-refractivity contribution is 5.94. The van der Waals surface area contributed by atoms with Crippen molar-refractivity contribution in [2.45, 2.75) is 19.4 Å². The molecular weight excluding hydrogens is 380 g/mol. The Bertz CT molecular complexity index is 964. The first-order valence-electron chi connectivity index (χ1n) is 10.2. The topological polar surface area (TPSA) is 71.7 Å². The van der Waals surface area contributed by atoms with Crippen molar-refractivity contribution < 1.29 is 14.1 Å². The zero-order valence-corrected chi connectivity index (χ0v) is 17.3. The van der Waals surface area contributed by atoms with Gasteiger partial charge in [0.05, 0.1) is 13.2 Å². The lowest BCUT2D eigenvalue weighted by Gasteiger charge is -2.36. The molecule has 1 fully saturated rings. The summed E-state index contributed by atoms with van der Waals surface area (Å²) in [6, 6.07) is 17.4. The van der Waals surface area contributed by atoms with Crippen LogP contribution < -0.4 is 4.74 Å². The molecule has 1 aliphatic heterocycles. The molecule has 1 unspecified atom stereocenters. The molecule has 1 aliphatic rings. The minimum Gasteiger partial charge on any atom is -0.497 e. The molecule has 1 atom stereocenters. The van der Waals surface area contributed by atoms with Crippen molar-refractivity contribution in [3.63, 3.8) is 0 Å². The summed E-state index contributed by atoms with van der Waals surface area (Å²) in [5.74, 6) is 2.11. The Kier molecular flexibility index (Phi) is 6.09. The molecule has 3 aromatic rings. The van der Waals surface area contributed by atoms with Crippen molar-refractivity contribution in [3.8, 4) is 5.75 Å². The third-order valence-electron chi connectivity index (χ3n) is 5.53. The van der Waals surface area contributed by atoms with Crippen LogP contribution in [0.1, 0.15) is 40.6 Å². The van der Waals surface area contributed by atoms with E-state index in [0.29, 0.717) is 36.8 Å². The van der Waals surface area contributed by atoms with Gasteiger partial charge in [-0.1, -0.05) is 35.5 Å². The summed E-state index contributed by atoms with van der Waals surface area (Å²) < 4.78 is 10.7. The first-order chi connectivity index (χ1) is 14.6. The lowest BCUT2D eigenvalue weighted by molar-refractivity contribution is 0.0551. The zero-order chi connectivity index (χ0) is 20.9. The van der Waals surface area contributed by atoms with Gasteiger partial charge in [0.1, 0.15) is 5.75 Å². The largest absolute Gasteiger partial charge is 0.497 e. The first-order valence-corrected chi connectivity index (χ1v) is 10.2. The number of methoxy groups -OCH3 is 1. The Morgan fingerprint density at radius 3 is 2.43 bits per heavy atom. The van der Waals surface area contributed by atoms with Crippen molar-refractivity contribution in [2.75, 3.05) is 33.3 Å². The molecule has 0 radical (unpaired) electrons. The third-order valence-corrected chi connectivity index (χ3v) is 5.53. The highest BCUT2D eigenvalue weighted by Crippen LogP contribution is 2.22. The maximum absolute atomic E-state index is 12.7. The van der Waals surface area contributed by atoms with E-state index in [1.807, 2.05) is 47.4 Å². The number of amides is 1. The third kappa shape index (κ3) is 4.52. The molecule has 30 heavy (non-hydrogen) atoms. The quantitative estimate of drug-likeness (QED) is 0.626.